The zero-order valence-electron chi connectivity index (χ0n) is 11.3. The van der Waals surface area contributed by atoms with Gasteiger partial charge >= 0.3 is 0 Å². The number of ether oxygens (including phenoxy) is 1. The van der Waals surface area contributed by atoms with E-state index in [1.165, 1.54) is 0 Å². The van der Waals surface area contributed by atoms with Crippen LogP contribution in [0, 0.1) is 0 Å². The summed E-state index contributed by atoms with van der Waals surface area (Å²) >= 11 is 6.18. The summed E-state index contributed by atoms with van der Waals surface area (Å²) in [7, 11) is 0. The lowest BCUT2D eigenvalue weighted by molar-refractivity contribution is 0.477. The van der Waals surface area contributed by atoms with Gasteiger partial charge in [-0.05, 0) is 38.5 Å². The van der Waals surface area contributed by atoms with E-state index < -0.39 is 0 Å². The highest BCUT2D eigenvalue weighted by molar-refractivity contribution is 6.32. The zero-order valence-corrected chi connectivity index (χ0v) is 12.1. The fourth-order valence-electron chi connectivity index (χ4n) is 1.67. The number of nitrogens with two attached hydrogens (primary N) is 1. The summed E-state index contributed by atoms with van der Waals surface area (Å²) in [5.41, 5.74) is 6.79. The van der Waals surface area contributed by atoms with Gasteiger partial charge in [0.15, 0.2) is 5.75 Å². The van der Waals surface area contributed by atoms with Gasteiger partial charge in [-0.15, -0.1) is 0 Å². The van der Waals surface area contributed by atoms with Gasteiger partial charge < -0.3 is 10.5 Å². The summed E-state index contributed by atoms with van der Waals surface area (Å²) in [6.45, 7) is 6.03. The number of rotatable bonds is 4. The molecule has 2 aromatic rings. The summed E-state index contributed by atoms with van der Waals surface area (Å²) < 4.78 is 7.55. The predicted molar refractivity (Wildman–Crippen MR) is 76.7 cm³/mol. The molecule has 0 fully saturated rings. The van der Waals surface area contributed by atoms with Gasteiger partial charge in [-0.3, -0.25) is 4.68 Å². The highest BCUT2D eigenvalue weighted by atomic mass is 35.5. The van der Waals surface area contributed by atoms with Crippen LogP contribution < -0.4 is 10.5 Å². The van der Waals surface area contributed by atoms with Crippen LogP contribution in [0.3, 0.4) is 0 Å². The molecule has 0 unspecified atom stereocenters. The normalized spacial score (nSPS) is 12.7. The molecule has 0 radical (unpaired) electrons. The van der Waals surface area contributed by atoms with Crippen molar-refractivity contribution in [2.45, 2.75) is 32.9 Å². The molecule has 1 aromatic carbocycles. The Morgan fingerprint density at radius 2 is 2.05 bits per heavy atom. The lowest BCUT2D eigenvalue weighted by Gasteiger charge is -2.10. The number of halogens is 1. The van der Waals surface area contributed by atoms with Crippen LogP contribution in [-0.4, -0.2) is 9.78 Å². The van der Waals surface area contributed by atoms with Gasteiger partial charge in [0.1, 0.15) is 5.75 Å². The third-order valence-electron chi connectivity index (χ3n) is 2.82. The van der Waals surface area contributed by atoms with Crippen molar-refractivity contribution in [2.75, 3.05) is 0 Å². The molecule has 2 rings (SSSR count). The fourth-order valence-corrected chi connectivity index (χ4v) is 1.89. The first-order valence-electron chi connectivity index (χ1n) is 6.24. The van der Waals surface area contributed by atoms with Crippen LogP contribution in [-0.2, 0) is 0 Å². The molecule has 0 aliphatic rings. The van der Waals surface area contributed by atoms with Crippen LogP contribution in [0.1, 0.15) is 38.4 Å². The summed E-state index contributed by atoms with van der Waals surface area (Å²) in [4.78, 5) is 0. The Bertz CT molecular complexity index is 564. The molecule has 1 aromatic heterocycles. The molecule has 0 saturated heterocycles. The van der Waals surface area contributed by atoms with Crippen molar-refractivity contribution in [1.82, 2.24) is 9.78 Å². The van der Waals surface area contributed by atoms with Gasteiger partial charge in [-0.2, -0.15) is 5.10 Å². The third kappa shape index (κ3) is 3.28. The van der Waals surface area contributed by atoms with Gasteiger partial charge in [-0.1, -0.05) is 17.7 Å². The van der Waals surface area contributed by atoms with Gasteiger partial charge in [0, 0.05) is 12.1 Å². The van der Waals surface area contributed by atoms with Gasteiger partial charge in [-0.25, -0.2) is 0 Å². The predicted octanol–water partition coefficient (Wildman–Crippen LogP) is 3.93. The third-order valence-corrected chi connectivity index (χ3v) is 3.11. The summed E-state index contributed by atoms with van der Waals surface area (Å²) in [6, 6.07) is 5.82. The van der Waals surface area contributed by atoms with Crippen molar-refractivity contribution in [3.63, 3.8) is 0 Å². The van der Waals surface area contributed by atoms with Gasteiger partial charge in [0.25, 0.3) is 0 Å². The van der Waals surface area contributed by atoms with E-state index in [0.717, 1.165) is 5.56 Å². The number of aromatic nitrogens is 2. The molecule has 0 amide bonds. The summed E-state index contributed by atoms with van der Waals surface area (Å²) in [5.74, 6) is 1.28. The second kappa shape index (κ2) is 5.63. The Balaban J connectivity index is 2.18. The fraction of sp³-hybridized carbons (Fsp3) is 0.357. The Morgan fingerprint density at radius 3 is 2.58 bits per heavy atom. The second-order valence-electron chi connectivity index (χ2n) is 4.83. The smallest absolute Gasteiger partial charge is 0.165 e. The largest absolute Gasteiger partial charge is 0.452 e. The lowest BCUT2D eigenvalue weighted by Crippen LogP contribution is -2.04. The van der Waals surface area contributed by atoms with Gasteiger partial charge in [0.05, 0.1) is 17.4 Å². The molecule has 102 valence electrons. The maximum atomic E-state index is 6.18. The van der Waals surface area contributed by atoms with Crippen molar-refractivity contribution in [3.8, 4) is 11.5 Å². The first kappa shape index (κ1) is 13.9. The maximum absolute atomic E-state index is 6.18. The van der Waals surface area contributed by atoms with E-state index in [1.54, 1.807) is 6.20 Å². The quantitative estimate of drug-likeness (QED) is 0.922. The SMILES string of the molecule is CC(C)n1cc(Oc2ccc([C@@H](C)N)cc2Cl)cn1. The first-order chi connectivity index (χ1) is 8.97. The Labute approximate surface area is 118 Å². The molecular formula is C14H18ClN3O. The van der Waals surface area contributed by atoms with Crippen molar-refractivity contribution in [1.29, 1.82) is 0 Å². The monoisotopic (exact) mass is 279 g/mol. The van der Waals surface area contributed by atoms with Crippen LogP contribution in [0.15, 0.2) is 30.6 Å². The molecule has 5 heteroatoms. The number of benzene rings is 1. The van der Waals surface area contributed by atoms with E-state index in [9.17, 15) is 0 Å². The van der Waals surface area contributed by atoms with Crippen molar-refractivity contribution < 1.29 is 4.74 Å². The van der Waals surface area contributed by atoms with Crippen molar-refractivity contribution >= 4 is 11.6 Å². The van der Waals surface area contributed by atoms with Crippen LogP contribution in [0.2, 0.25) is 5.02 Å². The number of hydrogen-bond donors (Lipinski definition) is 1. The van der Waals surface area contributed by atoms with E-state index in [-0.39, 0.29) is 6.04 Å². The molecule has 0 bridgehead atoms. The standard InChI is InChI=1S/C14H18ClN3O/c1-9(2)18-8-12(7-17-18)19-14-5-4-11(10(3)16)6-13(14)15/h4-10H,16H2,1-3H3/t10-/m1/s1. The molecule has 0 saturated carbocycles. The van der Waals surface area contributed by atoms with E-state index in [0.29, 0.717) is 22.6 Å². The molecule has 2 N–H and O–H groups in total. The second-order valence-corrected chi connectivity index (χ2v) is 5.24. The molecule has 0 spiro atoms. The van der Waals surface area contributed by atoms with E-state index in [2.05, 4.69) is 18.9 Å². The van der Waals surface area contributed by atoms with Crippen LogP contribution in [0.25, 0.3) is 0 Å². The minimum Gasteiger partial charge on any atom is -0.452 e. The van der Waals surface area contributed by atoms with E-state index >= 15 is 0 Å². The number of nitrogens with zero attached hydrogens (tertiary/aromatic N) is 2. The average Bonchev–Trinajstić information content (AvgIpc) is 2.80. The van der Waals surface area contributed by atoms with Crippen LogP contribution >= 0.6 is 11.6 Å². The van der Waals surface area contributed by atoms with Crippen molar-refractivity contribution in [2.24, 2.45) is 5.73 Å². The summed E-state index contributed by atoms with van der Waals surface area (Å²) in [6.07, 6.45) is 3.52. The van der Waals surface area contributed by atoms with Crippen LogP contribution in [0.4, 0.5) is 0 Å². The average molecular weight is 280 g/mol. The Morgan fingerprint density at radius 1 is 1.32 bits per heavy atom. The Hall–Kier alpha value is -1.52. The molecule has 0 aliphatic heterocycles. The van der Waals surface area contributed by atoms with E-state index in [1.807, 2.05) is 36.0 Å². The lowest BCUT2D eigenvalue weighted by atomic mass is 10.1. The Kier molecular flexibility index (Phi) is 4.12. The molecule has 19 heavy (non-hydrogen) atoms. The first-order valence-corrected chi connectivity index (χ1v) is 6.62. The molecule has 0 aliphatic carbocycles. The molecule has 1 heterocycles. The van der Waals surface area contributed by atoms with Crippen molar-refractivity contribution in [3.05, 3.63) is 41.2 Å². The topological polar surface area (TPSA) is 53.1 Å². The highest BCUT2D eigenvalue weighted by Crippen LogP contribution is 2.31. The minimum atomic E-state index is -0.0461. The molecule has 4 nitrogen and oxygen atoms in total. The van der Waals surface area contributed by atoms with Gasteiger partial charge in [0.2, 0.25) is 0 Å². The summed E-state index contributed by atoms with van der Waals surface area (Å²) in [5, 5.41) is 4.76. The molecular weight excluding hydrogens is 262 g/mol. The minimum absolute atomic E-state index is 0.0461. The van der Waals surface area contributed by atoms with E-state index in [4.69, 9.17) is 22.1 Å². The number of hydrogen-bond acceptors (Lipinski definition) is 3. The highest BCUT2D eigenvalue weighted by Gasteiger charge is 2.09. The molecule has 1 atom stereocenters. The zero-order chi connectivity index (χ0) is 14.0. The van der Waals surface area contributed by atoms with Crippen LogP contribution in [0.5, 0.6) is 11.5 Å². The maximum Gasteiger partial charge on any atom is 0.165 e.